The highest BCUT2D eigenvalue weighted by molar-refractivity contribution is 5.89. The smallest absolute Gasteiger partial charge is 0.242 e. The molecule has 0 saturated carbocycles. The predicted molar refractivity (Wildman–Crippen MR) is 109 cm³/mol. The third-order valence-corrected chi connectivity index (χ3v) is 4.85. The van der Waals surface area contributed by atoms with Crippen molar-refractivity contribution in [3.8, 4) is 0 Å². The van der Waals surface area contributed by atoms with Crippen molar-refractivity contribution in [2.45, 2.75) is 39.8 Å². The van der Waals surface area contributed by atoms with Gasteiger partial charge in [-0.05, 0) is 24.5 Å². The number of fused-ring (bicyclic) bond motifs is 1. The van der Waals surface area contributed by atoms with Gasteiger partial charge in [-0.15, -0.1) is 0 Å². The first kappa shape index (κ1) is 19.7. The molecule has 1 aromatic carbocycles. The maximum absolute atomic E-state index is 12.8. The van der Waals surface area contributed by atoms with Gasteiger partial charge in [-0.25, -0.2) is 4.98 Å². The number of amides is 2. The lowest BCUT2D eigenvalue weighted by Gasteiger charge is -2.20. The summed E-state index contributed by atoms with van der Waals surface area (Å²) in [5.74, 6) is 0.799. The Morgan fingerprint density at radius 1 is 1.29 bits per heavy atom. The van der Waals surface area contributed by atoms with Crippen LogP contribution in [0, 0.1) is 12.8 Å². The van der Waals surface area contributed by atoms with Crippen LogP contribution >= 0.6 is 0 Å². The zero-order valence-electron chi connectivity index (χ0n) is 16.5. The summed E-state index contributed by atoms with van der Waals surface area (Å²) in [4.78, 5) is 31.8. The number of hydrogen-bond acceptors (Lipinski definition) is 3. The van der Waals surface area contributed by atoms with Crippen LogP contribution in [-0.2, 0) is 22.6 Å². The van der Waals surface area contributed by atoms with E-state index in [1.807, 2.05) is 43.6 Å². The van der Waals surface area contributed by atoms with E-state index in [1.54, 1.807) is 6.20 Å². The first-order valence-electron chi connectivity index (χ1n) is 9.51. The maximum Gasteiger partial charge on any atom is 0.242 e. The molecule has 2 amide bonds. The van der Waals surface area contributed by atoms with Gasteiger partial charge in [0.1, 0.15) is 11.9 Å². The van der Waals surface area contributed by atoms with Crippen molar-refractivity contribution in [1.29, 1.82) is 0 Å². The Kier molecular flexibility index (Phi) is 6.13. The van der Waals surface area contributed by atoms with E-state index in [9.17, 15) is 9.59 Å². The van der Waals surface area contributed by atoms with Crippen LogP contribution in [0.2, 0.25) is 0 Å². The molecule has 0 aliphatic carbocycles. The van der Waals surface area contributed by atoms with Gasteiger partial charge in [-0.3, -0.25) is 9.59 Å². The molecule has 3 N–H and O–H groups in total. The molecule has 3 rings (SSSR count). The van der Waals surface area contributed by atoms with E-state index in [0.717, 1.165) is 28.8 Å². The van der Waals surface area contributed by atoms with Gasteiger partial charge in [0.25, 0.3) is 0 Å². The minimum Gasteiger partial charge on any atom is -0.361 e. The van der Waals surface area contributed by atoms with Crippen LogP contribution in [0.3, 0.4) is 0 Å². The topological polar surface area (TPSA) is 91.8 Å². The summed E-state index contributed by atoms with van der Waals surface area (Å²) >= 11 is 0. The highest BCUT2D eigenvalue weighted by Crippen LogP contribution is 2.19. The molecule has 7 nitrogen and oxygen atoms in total. The second kappa shape index (κ2) is 8.73. The van der Waals surface area contributed by atoms with Crippen molar-refractivity contribution in [1.82, 2.24) is 25.2 Å². The number of carbonyl (C=O) groups is 2. The second-order valence-corrected chi connectivity index (χ2v) is 7.29. The molecular formula is C21H27N5O2. The second-order valence-electron chi connectivity index (χ2n) is 7.29. The van der Waals surface area contributed by atoms with Crippen LogP contribution in [0.1, 0.15) is 25.2 Å². The largest absolute Gasteiger partial charge is 0.361 e. The number of benzene rings is 1. The number of rotatable bonds is 8. The Morgan fingerprint density at radius 2 is 2.07 bits per heavy atom. The van der Waals surface area contributed by atoms with E-state index in [0.29, 0.717) is 13.0 Å². The Balaban J connectivity index is 1.63. The molecule has 148 valence electrons. The number of aromatic amines is 1. The monoisotopic (exact) mass is 381 g/mol. The number of imidazole rings is 1. The fraction of sp³-hybridized carbons (Fsp3) is 0.381. The average Bonchev–Trinajstić information content (AvgIpc) is 3.25. The average molecular weight is 381 g/mol. The van der Waals surface area contributed by atoms with E-state index in [4.69, 9.17) is 0 Å². The first-order valence-corrected chi connectivity index (χ1v) is 9.51. The van der Waals surface area contributed by atoms with Crippen LogP contribution in [-0.4, -0.2) is 38.9 Å². The van der Waals surface area contributed by atoms with Gasteiger partial charge in [0.2, 0.25) is 11.8 Å². The van der Waals surface area contributed by atoms with Crippen molar-refractivity contribution in [3.05, 3.63) is 54.2 Å². The quantitative estimate of drug-likeness (QED) is 0.558. The molecule has 3 aromatic rings. The van der Waals surface area contributed by atoms with Gasteiger partial charge in [-0.2, -0.15) is 0 Å². The molecule has 0 fully saturated rings. The number of aromatic nitrogens is 3. The van der Waals surface area contributed by atoms with Crippen molar-refractivity contribution in [3.63, 3.8) is 0 Å². The zero-order chi connectivity index (χ0) is 20.1. The van der Waals surface area contributed by atoms with Crippen LogP contribution in [0.5, 0.6) is 0 Å². The van der Waals surface area contributed by atoms with E-state index in [2.05, 4.69) is 32.1 Å². The lowest BCUT2D eigenvalue weighted by molar-refractivity contribution is -0.128. The molecule has 0 radical (unpaired) electrons. The van der Waals surface area contributed by atoms with Gasteiger partial charge >= 0.3 is 0 Å². The summed E-state index contributed by atoms with van der Waals surface area (Å²) in [6.45, 7) is 6.77. The molecule has 0 saturated heterocycles. The summed E-state index contributed by atoms with van der Waals surface area (Å²) in [6, 6.07) is 7.32. The lowest BCUT2D eigenvalue weighted by atomic mass is 10.0. The van der Waals surface area contributed by atoms with E-state index >= 15 is 0 Å². The number of nitrogens with zero attached hydrogens (tertiary/aromatic N) is 2. The maximum atomic E-state index is 12.8. The van der Waals surface area contributed by atoms with Gasteiger partial charge in [0, 0.05) is 55.9 Å². The van der Waals surface area contributed by atoms with Gasteiger partial charge in [0.05, 0.1) is 0 Å². The summed E-state index contributed by atoms with van der Waals surface area (Å²) in [5.41, 5.74) is 2.02. The molecule has 2 heterocycles. The number of aryl methyl sites for hydroxylation is 1. The van der Waals surface area contributed by atoms with Crippen molar-refractivity contribution < 1.29 is 9.59 Å². The molecule has 0 bridgehead atoms. The molecule has 0 spiro atoms. The Labute approximate surface area is 164 Å². The van der Waals surface area contributed by atoms with Crippen LogP contribution in [0.15, 0.2) is 42.9 Å². The van der Waals surface area contributed by atoms with E-state index in [1.165, 1.54) is 6.92 Å². The van der Waals surface area contributed by atoms with Crippen molar-refractivity contribution in [2.24, 2.45) is 5.92 Å². The van der Waals surface area contributed by atoms with Gasteiger partial charge in [0.15, 0.2) is 0 Å². The Morgan fingerprint density at radius 3 is 2.79 bits per heavy atom. The summed E-state index contributed by atoms with van der Waals surface area (Å²) < 4.78 is 2.06. The van der Waals surface area contributed by atoms with Crippen LogP contribution < -0.4 is 10.6 Å². The normalized spacial score (nSPS) is 13.2. The fourth-order valence-electron chi connectivity index (χ4n) is 3.37. The molecule has 0 aliphatic heterocycles. The molecule has 2 aromatic heterocycles. The standard InChI is InChI=1S/C21H27N5O2/c1-14(13-26-9-8-22-15(26)2)11-24-21(28)20(25-16(3)27)10-17-12-23-19-7-5-4-6-18(17)19/h4-9,12,14,20,23H,10-11,13H2,1-3H3,(H,24,28)(H,25,27). The van der Waals surface area contributed by atoms with Gasteiger partial charge in [-0.1, -0.05) is 25.1 Å². The molecule has 0 aliphatic rings. The first-order chi connectivity index (χ1) is 13.4. The molecule has 28 heavy (non-hydrogen) atoms. The molecule has 2 unspecified atom stereocenters. The summed E-state index contributed by atoms with van der Waals surface area (Å²) in [5, 5.41) is 6.83. The number of H-pyrrole nitrogens is 1. The minimum absolute atomic E-state index is 0.172. The molecule has 7 heteroatoms. The number of carbonyl (C=O) groups excluding carboxylic acids is 2. The minimum atomic E-state index is -0.612. The third kappa shape index (κ3) is 4.79. The molecular weight excluding hydrogens is 354 g/mol. The van der Waals surface area contributed by atoms with Crippen molar-refractivity contribution in [2.75, 3.05) is 6.54 Å². The fourth-order valence-corrected chi connectivity index (χ4v) is 3.37. The Bertz CT molecular complexity index is 959. The van der Waals surface area contributed by atoms with Crippen LogP contribution in [0.4, 0.5) is 0 Å². The highest BCUT2D eigenvalue weighted by atomic mass is 16.2. The summed E-state index contributed by atoms with van der Waals surface area (Å²) in [6.07, 6.45) is 6.04. The van der Waals surface area contributed by atoms with Crippen molar-refractivity contribution >= 4 is 22.7 Å². The van der Waals surface area contributed by atoms with E-state index < -0.39 is 6.04 Å². The van der Waals surface area contributed by atoms with E-state index in [-0.39, 0.29) is 17.7 Å². The van der Waals surface area contributed by atoms with Gasteiger partial charge < -0.3 is 20.2 Å². The predicted octanol–water partition coefficient (Wildman–Crippen LogP) is 2.17. The number of nitrogens with one attached hydrogen (secondary N) is 3. The number of hydrogen-bond donors (Lipinski definition) is 3. The third-order valence-electron chi connectivity index (χ3n) is 4.85. The lowest BCUT2D eigenvalue weighted by Crippen LogP contribution is -2.48. The number of para-hydroxylation sites is 1. The zero-order valence-corrected chi connectivity index (χ0v) is 16.5. The highest BCUT2D eigenvalue weighted by Gasteiger charge is 2.22. The SMILES string of the molecule is CC(=O)NC(Cc1c[nH]c2ccccc12)C(=O)NCC(C)Cn1ccnc1C. The Hall–Kier alpha value is -3.09. The summed E-state index contributed by atoms with van der Waals surface area (Å²) in [7, 11) is 0. The van der Waals surface area contributed by atoms with Crippen LogP contribution in [0.25, 0.3) is 10.9 Å². The molecule has 2 atom stereocenters.